The van der Waals surface area contributed by atoms with Crippen molar-refractivity contribution in [3.8, 4) is 0 Å². The normalized spacial score (nSPS) is 17.8. The zero-order chi connectivity index (χ0) is 11.2. The van der Waals surface area contributed by atoms with Crippen molar-refractivity contribution in [2.24, 2.45) is 5.92 Å². The molecule has 4 heteroatoms. The van der Waals surface area contributed by atoms with Crippen LogP contribution in [-0.2, 0) is 6.54 Å². The van der Waals surface area contributed by atoms with Crippen molar-refractivity contribution in [1.82, 2.24) is 20.4 Å². The van der Waals surface area contributed by atoms with Gasteiger partial charge in [0, 0.05) is 12.7 Å². The summed E-state index contributed by atoms with van der Waals surface area (Å²) >= 11 is 0. The molecule has 0 atom stereocenters. The molecule has 0 unspecified atom stereocenters. The van der Waals surface area contributed by atoms with Crippen molar-refractivity contribution in [3.05, 3.63) is 18.0 Å². The number of hydrogen-bond donors (Lipinski definition) is 2. The predicted molar refractivity (Wildman–Crippen MR) is 65.4 cm³/mol. The van der Waals surface area contributed by atoms with E-state index in [4.69, 9.17) is 0 Å². The summed E-state index contributed by atoms with van der Waals surface area (Å²) in [6.45, 7) is 7.59. The first kappa shape index (κ1) is 11.6. The molecule has 1 aliphatic heterocycles. The highest BCUT2D eigenvalue weighted by atomic mass is 15.3. The zero-order valence-corrected chi connectivity index (χ0v) is 10.1. The van der Waals surface area contributed by atoms with Crippen molar-refractivity contribution in [2.75, 3.05) is 26.2 Å². The summed E-state index contributed by atoms with van der Waals surface area (Å²) in [6, 6.07) is 0. The molecule has 1 aromatic rings. The smallest absolute Gasteiger partial charge is 0.0534 e. The lowest BCUT2D eigenvalue weighted by atomic mass is 9.98. The van der Waals surface area contributed by atoms with E-state index in [0.29, 0.717) is 0 Å². The molecule has 0 spiro atoms. The number of aromatic nitrogens is 2. The molecule has 1 saturated heterocycles. The Morgan fingerprint density at radius 2 is 2.31 bits per heavy atom. The molecule has 0 radical (unpaired) electrons. The van der Waals surface area contributed by atoms with Gasteiger partial charge in [-0.15, -0.1) is 0 Å². The Morgan fingerprint density at radius 3 is 3.00 bits per heavy atom. The van der Waals surface area contributed by atoms with Crippen LogP contribution in [0, 0.1) is 12.8 Å². The Morgan fingerprint density at radius 1 is 1.50 bits per heavy atom. The molecule has 1 fully saturated rings. The second-order valence-electron chi connectivity index (χ2n) is 4.68. The molecular formula is C12H22N4. The summed E-state index contributed by atoms with van der Waals surface area (Å²) in [5.74, 6) is 0.862. The van der Waals surface area contributed by atoms with E-state index >= 15 is 0 Å². The van der Waals surface area contributed by atoms with Crippen LogP contribution in [0.5, 0.6) is 0 Å². The van der Waals surface area contributed by atoms with Gasteiger partial charge in [0.05, 0.1) is 12.7 Å². The zero-order valence-electron chi connectivity index (χ0n) is 10.1. The van der Waals surface area contributed by atoms with Gasteiger partial charge in [0.15, 0.2) is 0 Å². The van der Waals surface area contributed by atoms with Crippen molar-refractivity contribution in [1.29, 1.82) is 0 Å². The largest absolute Gasteiger partial charge is 0.317 e. The van der Waals surface area contributed by atoms with Gasteiger partial charge in [-0.2, -0.15) is 5.10 Å². The van der Waals surface area contributed by atoms with E-state index in [-0.39, 0.29) is 0 Å². The number of hydrogen-bond acceptors (Lipinski definition) is 3. The maximum Gasteiger partial charge on any atom is 0.0534 e. The lowest BCUT2D eigenvalue weighted by molar-refractivity contribution is 0.353. The molecule has 0 amide bonds. The molecule has 16 heavy (non-hydrogen) atoms. The highest BCUT2D eigenvalue weighted by Gasteiger charge is 2.11. The van der Waals surface area contributed by atoms with Crippen molar-refractivity contribution < 1.29 is 0 Å². The maximum atomic E-state index is 4.27. The number of nitrogens with one attached hydrogen (secondary N) is 2. The molecule has 1 aromatic heterocycles. The minimum Gasteiger partial charge on any atom is -0.317 e. The summed E-state index contributed by atoms with van der Waals surface area (Å²) in [5, 5.41) is 11.2. The quantitative estimate of drug-likeness (QED) is 0.724. The van der Waals surface area contributed by atoms with Gasteiger partial charge in [-0.3, -0.25) is 4.68 Å². The number of aryl methyl sites for hydroxylation is 1. The third-order valence-electron chi connectivity index (χ3n) is 3.17. The van der Waals surface area contributed by atoms with E-state index in [0.717, 1.165) is 25.6 Å². The fraction of sp³-hybridized carbons (Fsp3) is 0.750. The molecule has 4 nitrogen and oxygen atoms in total. The second kappa shape index (κ2) is 6.01. The lowest BCUT2D eigenvalue weighted by Crippen LogP contribution is -2.34. The Kier molecular flexibility index (Phi) is 4.36. The van der Waals surface area contributed by atoms with Crippen LogP contribution < -0.4 is 10.6 Å². The number of nitrogens with zero attached hydrogens (tertiary/aromatic N) is 2. The van der Waals surface area contributed by atoms with E-state index in [1.165, 1.54) is 31.5 Å². The van der Waals surface area contributed by atoms with Gasteiger partial charge < -0.3 is 10.6 Å². The number of rotatable bonds is 5. The average molecular weight is 222 g/mol. The molecule has 2 N–H and O–H groups in total. The molecule has 0 aromatic carbocycles. The van der Waals surface area contributed by atoms with Gasteiger partial charge in [-0.1, -0.05) is 0 Å². The fourth-order valence-electron chi connectivity index (χ4n) is 2.17. The summed E-state index contributed by atoms with van der Waals surface area (Å²) < 4.78 is 2.00. The van der Waals surface area contributed by atoms with Gasteiger partial charge in [0.2, 0.25) is 0 Å². The van der Waals surface area contributed by atoms with Crippen LogP contribution in [0.3, 0.4) is 0 Å². The molecular weight excluding hydrogens is 200 g/mol. The Balaban J connectivity index is 1.57. The first-order valence-electron chi connectivity index (χ1n) is 6.25. The summed E-state index contributed by atoms with van der Waals surface area (Å²) in [4.78, 5) is 0. The summed E-state index contributed by atoms with van der Waals surface area (Å²) in [5.41, 5.74) is 1.23. The summed E-state index contributed by atoms with van der Waals surface area (Å²) in [7, 11) is 0. The highest BCUT2D eigenvalue weighted by Crippen LogP contribution is 2.09. The molecule has 0 bridgehead atoms. The van der Waals surface area contributed by atoms with Gasteiger partial charge in [0.25, 0.3) is 0 Å². The van der Waals surface area contributed by atoms with Crippen molar-refractivity contribution >= 4 is 0 Å². The topological polar surface area (TPSA) is 41.9 Å². The molecule has 2 heterocycles. The Bertz CT molecular complexity index is 302. The lowest BCUT2D eigenvalue weighted by Gasteiger charge is -2.22. The van der Waals surface area contributed by atoms with Crippen LogP contribution in [0.4, 0.5) is 0 Å². The third-order valence-corrected chi connectivity index (χ3v) is 3.17. The molecule has 0 saturated carbocycles. The van der Waals surface area contributed by atoms with Crippen LogP contribution in [-0.4, -0.2) is 36.0 Å². The van der Waals surface area contributed by atoms with E-state index in [9.17, 15) is 0 Å². The third kappa shape index (κ3) is 3.61. The molecule has 90 valence electrons. The Labute approximate surface area is 97.4 Å². The van der Waals surface area contributed by atoms with E-state index in [1.54, 1.807) is 0 Å². The van der Waals surface area contributed by atoms with Gasteiger partial charge >= 0.3 is 0 Å². The SMILES string of the molecule is Cc1cnn(CCNCC2CCNCC2)c1. The maximum absolute atomic E-state index is 4.27. The van der Waals surface area contributed by atoms with Gasteiger partial charge in [-0.05, 0) is 50.9 Å². The summed E-state index contributed by atoms with van der Waals surface area (Å²) in [6.07, 6.45) is 6.63. The predicted octanol–water partition coefficient (Wildman–Crippen LogP) is 0.781. The molecule has 1 aliphatic rings. The van der Waals surface area contributed by atoms with Crippen LogP contribution in [0.1, 0.15) is 18.4 Å². The van der Waals surface area contributed by atoms with E-state index < -0.39 is 0 Å². The van der Waals surface area contributed by atoms with Crippen molar-refractivity contribution in [3.63, 3.8) is 0 Å². The second-order valence-corrected chi connectivity index (χ2v) is 4.68. The fourth-order valence-corrected chi connectivity index (χ4v) is 2.17. The first-order chi connectivity index (χ1) is 7.84. The highest BCUT2D eigenvalue weighted by molar-refractivity contribution is 4.99. The van der Waals surface area contributed by atoms with Crippen LogP contribution in [0.2, 0.25) is 0 Å². The first-order valence-corrected chi connectivity index (χ1v) is 6.25. The Hall–Kier alpha value is -0.870. The monoisotopic (exact) mass is 222 g/mol. The van der Waals surface area contributed by atoms with E-state index in [1.807, 2.05) is 10.9 Å². The standard InChI is InChI=1S/C12H22N4/c1-11-8-15-16(10-11)7-6-14-9-12-2-4-13-5-3-12/h8,10,12-14H,2-7,9H2,1H3. The van der Waals surface area contributed by atoms with Gasteiger partial charge in [-0.25, -0.2) is 0 Å². The van der Waals surface area contributed by atoms with Crippen LogP contribution in [0.25, 0.3) is 0 Å². The average Bonchev–Trinajstić information content (AvgIpc) is 2.72. The minimum absolute atomic E-state index is 0.862. The van der Waals surface area contributed by atoms with E-state index in [2.05, 4.69) is 28.9 Å². The van der Waals surface area contributed by atoms with Crippen LogP contribution >= 0.6 is 0 Å². The van der Waals surface area contributed by atoms with Crippen LogP contribution in [0.15, 0.2) is 12.4 Å². The minimum atomic E-state index is 0.862. The number of piperidine rings is 1. The van der Waals surface area contributed by atoms with Crippen molar-refractivity contribution in [2.45, 2.75) is 26.3 Å². The van der Waals surface area contributed by atoms with Gasteiger partial charge in [0.1, 0.15) is 0 Å². The molecule has 0 aliphatic carbocycles. The molecule has 2 rings (SSSR count).